The lowest BCUT2D eigenvalue weighted by atomic mass is 9.97. The lowest BCUT2D eigenvalue weighted by Gasteiger charge is -2.08. The molecule has 0 amide bonds. The Morgan fingerprint density at radius 3 is 2.52 bits per heavy atom. The van der Waals surface area contributed by atoms with Crippen LogP contribution in [0.1, 0.15) is 0 Å². The molecule has 0 aliphatic carbocycles. The van der Waals surface area contributed by atoms with Crippen LogP contribution in [0.5, 0.6) is 0 Å². The van der Waals surface area contributed by atoms with Gasteiger partial charge in [0.15, 0.2) is 0 Å². The molecule has 3 heterocycles. The van der Waals surface area contributed by atoms with Crippen LogP contribution < -0.4 is 0 Å². The molecule has 23 heavy (non-hydrogen) atoms. The van der Waals surface area contributed by atoms with E-state index in [0.717, 1.165) is 27.5 Å². The number of fused-ring (bicyclic) bond motifs is 4. The second-order valence-corrected chi connectivity index (χ2v) is 5.64. The fourth-order valence-corrected chi connectivity index (χ4v) is 3.30. The third-order valence-corrected chi connectivity index (χ3v) is 4.30. The zero-order valence-electron chi connectivity index (χ0n) is 12.3. The molecule has 2 aromatic carbocycles. The molecule has 3 aromatic heterocycles. The van der Waals surface area contributed by atoms with Crippen molar-refractivity contribution in [3.05, 3.63) is 73.1 Å². The minimum atomic E-state index is 0.920. The summed E-state index contributed by atoms with van der Waals surface area (Å²) in [5.74, 6) is 0. The maximum absolute atomic E-state index is 4.81. The van der Waals surface area contributed by atoms with Gasteiger partial charge in [-0.05, 0) is 17.7 Å². The van der Waals surface area contributed by atoms with Crippen LogP contribution in [0.25, 0.3) is 44.0 Å². The third-order valence-electron chi connectivity index (χ3n) is 4.30. The fraction of sp³-hybridized carbons (Fsp3) is 0. The van der Waals surface area contributed by atoms with Crippen LogP contribution in [-0.4, -0.2) is 15.0 Å². The largest absolute Gasteiger partial charge is 0.339 e. The van der Waals surface area contributed by atoms with Gasteiger partial charge < -0.3 is 4.98 Å². The molecule has 0 aliphatic rings. The van der Waals surface area contributed by atoms with Crippen molar-refractivity contribution in [2.45, 2.75) is 0 Å². The Hall–Kier alpha value is -3.20. The predicted molar refractivity (Wildman–Crippen MR) is 94.3 cm³/mol. The number of aromatic nitrogens is 3. The van der Waals surface area contributed by atoms with Crippen LogP contribution in [0, 0.1) is 0 Å². The van der Waals surface area contributed by atoms with Crippen LogP contribution in [0.4, 0.5) is 0 Å². The minimum Gasteiger partial charge on any atom is -0.339 e. The quantitative estimate of drug-likeness (QED) is 0.476. The smallest absolute Gasteiger partial charge is 0.139 e. The van der Waals surface area contributed by atoms with E-state index in [-0.39, 0.29) is 0 Å². The first kappa shape index (κ1) is 12.4. The van der Waals surface area contributed by atoms with Crippen molar-refractivity contribution in [3.63, 3.8) is 0 Å². The Bertz CT molecular complexity index is 1160. The highest BCUT2D eigenvalue weighted by Crippen LogP contribution is 2.38. The summed E-state index contributed by atoms with van der Waals surface area (Å²) < 4.78 is 0. The number of hydrogen-bond acceptors (Lipinski definition) is 2. The summed E-state index contributed by atoms with van der Waals surface area (Å²) in [4.78, 5) is 12.6. The molecule has 5 rings (SSSR count). The van der Waals surface area contributed by atoms with Crippen LogP contribution in [0.3, 0.4) is 0 Å². The second-order valence-electron chi connectivity index (χ2n) is 5.64. The van der Waals surface area contributed by atoms with Gasteiger partial charge in [0.1, 0.15) is 5.65 Å². The van der Waals surface area contributed by atoms with Gasteiger partial charge >= 0.3 is 0 Å². The summed E-state index contributed by atoms with van der Waals surface area (Å²) in [5, 5.41) is 3.43. The average molecular weight is 295 g/mol. The molecule has 3 nitrogen and oxygen atoms in total. The van der Waals surface area contributed by atoms with E-state index in [1.807, 2.05) is 24.4 Å². The molecular weight excluding hydrogens is 282 g/mol. The Labute approximate surface area is 132 Å². The highest BCUT2D eigenvalue weighted by Gasteiger charge is 2.15. The van der Waals surface area contributed by atoms with E-state index in [2.05, 4.69) is 52.4 Å². The highest BCUT2D eigenvalue weighted by molar-refractivity contribution is 6.19. The van der Waals surface area contributed by atoms with Crippen molar-refractivity contribution < 1.29 is 0 Å². The molecule has 0 radical (unpaired) electrons. The molecule has 3 heteroatoms. The molecule has 5 aromatic rings. The number of nitrogens with one attached hydrogen (secondary N) is 1. The first-order valence-electron chi connectivity index (χ1n) is 7.61. The maximum Gasteiger partial charge on any atom is 0.139 e. The third kappa shape index (κ3) is 1.77. The van der Waals surface area contributed by atoms with Gasteiger partial charge in [0.05, 0.1) is 5.52 Å². The van der Waals surface area contributed by atoms with Gasteiger partial charge in [-0.1, -0.05) is 48.5 Å². The molecule has 0 fully saturated rings. The van der Waals surface area contributed by atoms with Crippen LogP contribution >= 0.6 is 0 Å². The minimum absolute atomic E-state index is 0.920. The van der Waals surface area contributed by atoms with E-state index in [1.54, 1.807) is 6.20 Å². The molecule has 0 saturated heterocycles. The Kier molecular flexibility index (Phi) is 2.50. The van der Waals surface area contributed by atoms with E-state index >= 15 is 0 Å². The molecule has 0 aliphatic heterocycles. The summed E-state index contributed by atoms with van der Waals surface area (Å²) >= 11 is 0. The number of aromatic amines is 1. The zero-order chi connectivity index (χ0) is 15.2. The monoisotopic (exact) mass is 295 g/mol. The van der Waals surface area contributed by atoms with Crippen molar-refractivity contribution >= 4 is 32.8 Å². The number of H-pyrrole nitrogens is 1. The number of rotatable bonds is 1. The van der Waals surface area contributed by atoms with Gasteiger partial charge in [0.25, 0.3) is 0 Å². The van der Waals surface area contributed by atoms with E-state index in [0.29, 0.717) is 0 Å². The van der Waals surface area contributed by atoms with E-state index in [9.17, 15) is 0 Å². The van der Waals surface area contributed by atoms with Gasteiger partial charge in [-0.25, -0.2) is 4.98 Å². The Morgan fingerprint density at radius 1 is 0.783 bits per heavy atom. The van der Waals surface area contributed by atoms with Gasteiger partial charge in [0, 0.05) is 39.6 Å². The number of benzene rings is 2. The maximum atomic E-state index is 4.81. The Morgan fingerprint density at radius 2 is 1.61 bits per heavy atom. The highest BCUT2D eigenvalue weighted by atomic mass is 14.9. The normalized spacial score (nSPS) is 11.5. The van der Waals surface area contributed by atoms with Crippen molar-refractivity contribution in [1.29, 1.82) is 0 Å². The number of nitrogens with zero attached hydrogens (tertiary/aromatic N) is 2. The average Bonchev–Trinajstić information content (AvgIpc) is 2.98. The summed E-state index contributed by atoms with van der Waals surface area (Å²) in [5.41, 5.74) is 5.36. The van der Waals surface area contributed by atoms with E-state index in [4.69, 9.17) is 4.98 Å². The molecule has 108 valence electrons. The van der Waals surface area contributed by atoms with Gasteiger partial charge in [-0.15, -0.1) is 0 Å². The SMILES string of the molecule is c1ccc(-c2c3cnccc3nc3[nH]c4ccccc4c23)cc1. The van der Waals surface area contributed by atoms with Crippen molar-refractivity contribution in [1.82, 2.24) is 15.0 Å². The first-order chi connectivity index (χ1) is 11.4. The topological polar surface area (TPSA) is 41.6 Å². The van der Waals surface area contributed by atoms with Crippen molar-refractivity contribution in [2.75, 3.05) is 0 Å². The molecule has 0 spiro atoms. The van der Waals surface area contributed by atoms with Gasteiger partial charge in [0.2, 0.25) is 0 Å². The number of para-hydroxylation sites is 1. The standard InChI is InChI=1S/C20H13N3/c1-2-6-13(7-3-1)18-15-12-21-11-10-17(15)23-20-19(18)14-8-4-5-9-16(14)22-20/h1-12H,(H,22,23). The lowest BCUT2D eigenvalue weighted by molar-refractivity contribution is 1.33. The fourth-order valence-electron chi connectivity index (χ4n) is 3.30. The molecule has 1 N–H and O–H groups in total. The zero-order valence-corrected chi connectivity index (χ0v) is 12.3. The molecular formula is C20H13N3. The summed E-state index contributed by atoms with van der Waals surface area (Å²) in [7, 11) is 0. The van der Waals surface area contributed by atoms with Crippen LogP contribution in [0.2, 0.25) is 0 Å². The summed E-state index contributed by atoms with van der Waals surface area (Å²) in [6, 6.07) is 20.8. The lowest BCUT2D eigenvalue weighted by Crippen LogP contribution is -1.88. The molecule has 0 atom stereocenters. The van der Waals surface area contributed by atoms with E-state index in [1.165, 1.54) is 16.5 Å². The molecule has 0 bridgehead atoms. The molecule has 0 saturated carbocycles. The van der Waals surface area contributed by atoms with Crippen LogP contribution in [-0.2, 0) is 0 Å². The second kappa shape index (κ2) is 4.65. The molecule has 0 unspecified atom stereocenters. The first-order valence-corrected chi connectivity index (χ1v) is 7.61. The van der Waals surface area contributed by atoms with E-state index < -0.39 is 0 Å². The summed E-state index contributed by atoms with van der Waals surface area (Å²) in [6.07, 6.45) is 3.70. The number of pyridine rings is 2. The predicted octanol–water partition coefficient (Wildman–Crippen LogP) is 4.93. The van der Waals surface area contributed by atoms with Gasteiger partial charge in [-0.3, -0.25) is 4.98 Å². The van der Waals surface area contributed by atoms with Crippen molar-refractivity contribution in [3.8, 4) is 11.1 Å². The van der Waals surface area contributed by atoms with Gasteiger partial charge in [-0.2, -0.15) is 0 Å². The van der Waals surface area contributed by atoms with Crippen LogP contribution in [0.15, 0.2) is 73.1 Å². The number of hydrogen-bond donors (Lipinski definition) is 1. The van der Waals surface area contributed by atoms with Crippen molar-refractivity contribution in [2.24, 2.45) is 0 Å². The Balaban J connectivity index is 2.08. The summed E-state index contributed by atoms with van der Waals surface area (Å²) in [6.45, 7) is 0.